The molecular formula is C30H37N5O8. The quantitative estimate of drug-likeness (QED) is 0.403. The number of fused-ring (bicyclic) bond motifs is 4. The van der Waals surface area contributed by atoms with Crippen LogP contribution in [0, 0.1) is 33.5 Å². The van der Waals surface area contributed by atoms with E-state index in [0.717, 1.165) is 19.3 Å². The van der Waals surface area contributed by atoms with Gasteiger partial charge in [-0.3, -0.25) is 9.59 Å². The van der Waals surface area contributed by atoms with Crippen LogP contribution in [-0.2, 0) is 38.9 Å². The van der Waals surface area contributed by atoms with Gasteiger partial charge in [-0.15, -0.1) is 0 Å². The molecule has 0 spiro atoms. The lowest BCUT2D eigenvalue weighted by molar-refractivity contribution is -0.166. The number of carbonyl (C=O) groups excluding carboxylic acids is 3. The number of nitrogens with zero attached hydrogens (tertiary/aromatic N) is 4. The van der Waals surface area contributed by atoms with Gasteiger partial charge < -0.3 is 29.4 Å². The van der Waals surface area contributed by atoms with Crippen molar-refractivity contribution in [3.05, 3.63) is 24.2 Å². The highest BCUT2D eigenvalue weighted by Crippen LogP contribution is 2.63. The minimum atomic E-state index is -2.00. The lowest BCUT2D eigenvalue weighted by Crippen LogP contribution is -2.46. The molecular weight excluding hydrogens is 558 g/mol. The van der Waals surface area contributed by atoms with Crippen molar-refractivity contribution in [2.75, 3.05) is 12.3 Å². The van der Waals surface area contributed by atoms with E-state index < -0.39 is 54.0 Å². The molecule has 3 unspecified atom stereocenters. The average Bonchev–Trinajstić information content (AvgIpc) is 3.64. The SMILES string of the molecule is CC1(C)CC(=O)O[C@H]2[C@@H](OC(=O)C1)[C@](C#N)(c1ccc3c(N)ncnn13)O[C@@H]2COC(=O)OC1C2(C)CCC(C2)C1(C)C. The zero-order valence-corrected chi connectivity index (χ0v) is 25.0. The number of aromatic nitrogens is 3. The molecule has 43 heavy (non-hydrogen) atoms. The van der Waals surface area contributed by atoms with Crippen LogP contribution in [-0.4, -0.2) is 63.7 Å². The molecule has 230 valence electrons. The Morgan fingerprint density at radius 3 is 2.56 bits per heavy atom. The fraction of sp³-hybridized carbons (Fsp3) is 0.667. The summed E-state index contributed by atoms with van der Waals surface area (Å²) in [5, 5.41) is 14.9. The van der Waals surface area contributed by atoms with Crippen LogP contribution in [0.15, 0.2) is 18.5 Å². The van der Waals surface area contributed by atoms with Gasteiger partial charge in [-0.25, -0.2) is 14.3 Å². The molecule has 2 aromatic heterocycles. The van der Waals surface area contributed by atoms with E-state index in [1.54, 1.807) is 26.0 Å². The normalized spacial score (nSPS) is 36.0. The summed E-state index contributed by atoms with van der Waals surface area (Å²) in [6.07, 6.45) is -0.990. The number of nitriles is 1. The summed E-state index contributed by atoms with van der Waals surface area (Å²) >= 11 is 0. The van der Waals surface area contributed by atoms with Crippen LogP contribution in [0.1, 0.15) is 72.4 Å². The van der Waals surface area contributed by atoms with Gasteiger partial charge >= 0.3 is 18.1 Å². The number of nitrogen functional groups attached to an aromatic ring is 1. The number of anilines is 1. The summed E-state index contributed by atoms with van der Waals surface area (Å²) in [6.45, 7) is 9.42. The van der Waals surface area contributed by atoms with Gasteiger partial charge in [0.05, 0.1) is 18.5 Å². The third kappa shape index (κ3) is 4.67. The largest absolute Gasteiger partial charge is 0.508 e. The smallest absolute Gasteiger partial charge is 0.455 e. The number of hydrogen-bond donors (Lipinski definition) is 1. The van der Waals surface area contributed by atoms with E-state index in [4.69, 9.17) is 29.4 Å². The zero-order valence-electron chi connectivity index (χ0n) is 25.0. The molecule has 0 amide bonds. The molecule has 4 aliphatic rings. The molecule has 4 heterocycles. The van der Waals surface area contributed by atoms with Gasteiger partial charge in [-0.2, -0.15) is 10.4 Å². The molecule has 2 bridgehead atoms. The van der Waals surface area contributed by atoms with Crippen molar-refractivity contribution in [2.24, 2.45) is 22.2 Å². The predicted octanol–water partition coefficient (Wildman–Crippen LogP) is 3.44. The van der Waals surface area contributed by atoms with Crippen LogP contribution < -0.4 is 5.73 Å². The van der Waals surface area contributed by atoms with Crippen LogP contribution in [0.5, 0.6) is 0 Å². The Morgan fingerprint density at radius 2 is 1.88 bits per heavy atom. The Kier molecular flexibility index (Phi) is 6.65. The highest BCUT2D eigenvalue weighted by Gasteiger charge is 2.64. The minimum Gasteiger partial charge on any atom is -0.455 e. The highest BCUT2D eigenvalue weighted by molar-refractivity contribution is 5.75. The molecule has 6 rings (SSSR count). The van der Waals surface area contributed by atoms with E-state index in [1.807, 2.05) is 0 Å². The molecule has 0 radical (unpaired) electrons. The Hall–Kier alpha value is -3.92. The van der Waals surface area contributed by atoms with Gasteiger partial charge in [0.25, 0.3) is 0 Å². The lowest BCUT2D eigenvalue weighted by Gasteiger charge is -2.41. The number of carbonyl (C=O) groups is 3. The first-order chi connectivity index (χ1) is 20.2. The lowest BCUT2D eigenvalue weighted by atomic mass is 9.70. The van der Waals surface area contributed by atoms with E-state index in [9.17, 15) is 19.6 Å². The molecule has 4 fully saturated rings. The summed E-state index contributed by atoms with van der Waals surface area (Å²) in [6, 6.07) is 5.30. The van der Waals surface area contributed by atoms with Crippen molar-refractivity contribution in [2.45, 2.75) is 96.7 Å². The number of ether oxygens (including phenoxy) is 5. The molecule has 7 atom stereocenters. The summed E-state index contributed by atoms with van der Waals surface area (Å²) in [4.78, 5) is 43.3. The molecule has 13 nitrogen and oxygen atoms in total. The van der Waals surface area contributed by atoms with Gasteiger partial charge in [-0.1, -0.05) is 34.6 Å². The van der Waals surface area contributed by atoms with Crippen LogP contribution in [0.4, 0.5) is 10.6 Å². The molecule has 13 heteroatoms. The monoisotopic (exact) mass is 595 g/mol. The summed E-state index contributed by atoms with van der Waals surface area (Å²) in [5.41, 5.74) is 3.50. The number of rotatable bonds is 4. The van der Waals surface area contributed by atoms with E-state index in [0.29, 0.717) is 11.4 Å². The number of nitrogens with two attached hydrogens (primary N) is 1. The molecule has 2 saturated carbocycles. The Bertz CT molecular complexity index is 1530. The second-order valence-corrected chi connectivity index (χ2v) is 14.0. The maximum atomic E-state index is 13.2. The Labute approximate surface area is 248 Å². The van der Waals surface area contributed by atoms with Gasteiger partial charge in [0, 0.05) is 10.8 Å². The van der Waals surface area contributed by atoms with Crippen molar-refractivity contribution in [1.29, 1.82) is 5.26 Å². The number of esters is 2. The Morgan fingerprint density at radius 1 is 1.16 bits per heavy atom. The van der Waals surface area contributed by atoms with Crippen LogP contribution >= 0.6 is 0 Å². The number of hydrogen-bond acceptors (Lipinski definition) is 12. The Balaban J connectivity index is 1.32. The van der Waals surface area contributed by atoms with Crippen molar-refractivity contribution >= 4 is 29.4 Å². The topological polar surface area (TPSA) is 177 Å². The molecule has 2 aliphatic heterocycles. The van der Waals surface area contributed by atoms with Gasteiger partial charge in [0.1, 0.15) is 36.7 Å². The van der Waals surface area contributed by atoms with Crippen LogP contribution in [0.25, 0.3) is 5.52 Å². The maximum absolute atomic E-state index is 13.2. The predicted molar refractivity (Wildman–Crippen MR) is 148 cm³/mol. The second-order valence-electron chi connectivity index (χ2n) is 14.0. The van der Waals surface area contributed by atoms with E-state index in [2.05, 4.69) is 36.9 Å². The second kappa shape index (κ2) is 9.80. The van der Waals surface area contributed by atoms with E-state index in [1.165, 1.54) is 10.8 Å². The van der Waals surface area contributed by atoms with Crippen molar-refractivity contribution in [3.8, 4) is 6.07 Å². The maximum Gasteiger partial charge on any atom is 0.508 e. The highest BCUT2D eigenvalue weighted by atomic mass is 16.7. The van der Waals surface area contributed by atoms with Crippen LogP contribution in [0.2, 0.25) is 0 Å². The molecule has 2 saturated heterocycles. The first-order valence-electron chi connectivity index (χ1n) is 14.6. The first kappa shape index (κ1) is 29.2. The van der Waals surface area contributed by atoms with E-state index in [-0.39, 0.29) is 41.3 Å². The van der Waals surface area contributed by atoms with Crippen LogP contribution in [0.3, 0.4) is 0 Å². The summed E-state index contributed by atoms with van der Waals surface area (Å²) in [7, 11) is 0. The van der Waals surface area contributed by atoms with Crippen molar-refractivity contribution < 1.29 is 38.1 Å². The third-order valence-electron chi connectivity index (χ3n) is 9.92. The van der Waals surface area contributed by atoms with E-state index >= 15 is 0 Å². The van der Waals surface area contributed by atoms with Gasteiger partial charge in [0.15, 0.2) is 18.0 Å². The molecule has 2 N–H and O–H groups in total. The zero-order chi connectivity index (χ0) is 30.9. The van der Waals surface area contributed by atoms with Crippen molar-refractivity contribution in [3.63, 3.8) is 0 Å². The van der Waals surface area contributed by atoms with Gasteiger partial charge in [0.2, 0.25) is 5.60 Å². The first-order valence-corrected chi connectivity index (χ1v) is 14.6. The van der Waals surface area contributed by atoms with Crippen molar-refractivity contribution in [1.82, 2.24) is 14.6 Å². The summed E-state index contributed by atoms with van der Waals surface area (Å²) in [5.74, 6) is -0.628. The minimum absolute atomic E-state index is 0.0746. The average molecular weight is 596 g/mol. The molecule has 2 aliphatic carbocycles. The fourth-order valence-corrected chi connectivity index (χ4v) is 7.85. The van der Waals surface area contributed by atoms with Gasteiger partial charge in [-0.05, 0) is 42.7 Å². The third-order valence-corrected chi connectivity index (χ3v) is 9.92. The fourth-order valence-electron chi connectivity index (χ4n) is 7.85. The molecule has 2 aromatic rings. The molecule has 0 aromatic carbocycles. The standard InChI is InChI=1S/C30H37N5O8/c1-27(2)11-20(36)40-22-18(13-39-26(38)42-25-28(3,4)16-8-9-29(25,5)10-16)43-30(14-31,23(22)41-21(37)12-27)19-7-6-17-24(32)33-15-34-35(17)19/h6-7,15-16,18,22-23,25H,8-13H2,1-5H3,(H2,32,33,34)/t16?,18-,22-,23-,25?,29?,30+/m1/s1. The summed E-state index contributed by atoms with van der Waals surface area (Å²) < 4.78 is 30.9.